The molecule has 0 amide bonds. The minimum Gasteiger partial charge on any atom is -0.361 e. The van der Waals surface area contributed by atoms with Gasteiger partial charge in [-0.1, -0.05) is 12.5 Å². The molecule has 0 saturated carbocycles. The summed E-state index contributed by atoms with van der Waals surface area (Å²) < 4.78 is 0. The summed E-state index contributed by atoms with van der Waals surface area (Å²) >= 11 is 0. The van der Waals surface area contributed by atoms with Crippen molar-refractivity contribution in [3.63, 3.8) is 0 Å². The first-order valence-corrected chi connectivity index (χ1v) is 8.31. The van der Waals surface area contributed by atoms with E-state index in [9.17, 15) is 0 Å². The minimum atomic E-state index is 0.693. The molecular weight excluding hydrogens is 258 g/mol. The summed E-state index contributed by atoms with van der Waals surface area (Å²) in [7, 11) is 2.32. The summed E-state index contributed by atoms with van der Waals surface area (Å²) in [6.45, 7) is 0.995. The van der Waals surface area contributed by atoms with Gasteiger partial charge in [-0.15, -0.1) is 0 Å². The Hall–Kier alpha value is -1.32. The maximum Gasteiger partial charge on any atom is 0.0454 e. The van der Waals surface area contributed by atoms with Gasteiger partial charge in [0.1, 0.15) is 0 Å². The van der Waals surface area contributed by atoms with Crippen LogP contribution in [0.2, 0.25) is 0 Å². The molecule has 0 aliphatic carbocycles. The van der Waals surface area contributed by atoms with Crippen molar-refractivity contribution in [2.75, 3.05) is 7.05 Å². The topological polar surface area (TPSA) is 31.1 Å². The highest BCUT2D eigenvalue weighted by molar-refractivity contribution is 5.79. The van der Waals surface area contributed by atoms with Crippen molar-refractivity contribution < 1.29 is 0 Å². The van der Waals surface area contributed by atoms with Gasteiger partial charge < -0.3 is 15.2 Å². The fraction of sp³-hybridized carbons (Fsp3) is 0.556. The van der Waals surface area contributed by atoms with E-state index < -0.39 is 0 Å². The first-order valence-electron chi connectivity index (χ1n) is 8.31. The molecule has 21 heavy (non-hydrogen) atoms. The number of H-pyrrole nitrogens is 1. The average Bonchev–Trinajstić information content (AvgIpc) is 2.93. The van der Waals surface area contributed by atoms with Crippen LogP contribution in [0.3, 0.4) is 0 Å². The molecule has 3 nitrogen and oxygen atoms in total. The van der Waals surface area contributed by atoms with Crippen LogP contribution in [0.4, 0.5) is 0 Å². The zero-order valence-electron chi connectivity index (χ0n) is 12.8. The van der Waals surface area contributed by atoms with E-state index in [4.69, 9.17) is 0 Å². The lowest BCUT2D eigenvalue weighted by Crippen LogP contribution is -2.54. The first kappa shape index (κ1) is 13.4. The summed E-state index contributed by atoms with van der Waals surface area (Å²) in [5.41, 5.74) is 2.62. The molecule has 3 heterocycles. The SMILES string of the molecule is CN1C2CCCC1CC(NCc1ccc3[nH]ccc3c1)C2. The Morgan fingerprint density at radius 1 is 1.19 bits per heavy atom. The van der Waals surface area contributed by atoms with Crippen molar-refractivity contribution >= 4 is 10.9 Å². The number of piperidine rings is 2. The van der Waals surface area contributed by atoms with Gasteiger partial charge in [0.05, 0.1) is 0 Å². The van der Waals surface area contributed by atoms with E-state index in [0.29, 0.717) is 6.04 Å². The van der Waals surface area contributed by atoms with Gasteiger partial charge in [0.25, 0.3) is 0 Å². The molecule has 2 fully saturated rings. The third-order valence-corrected chi connectivity index (χ3v) is 5.55. The quantitative estimate of drug-likeness (QED) is 0.906. The Labute approximate surface area is 126 Å². The fourth-order valence-corrected chi connectivity index (χ4v) is 4.26. The van der Waals surface area contributed by atoms with Gasteiger partial charge in [-0.2, -0.15) is 0 Å². The summed E-state index contributed by atoms with van der Waals surface area (Å²) in [6, 6.07) is 11.2. The molecule has 2 aromatic rings. The third kappa shape index (κ3) is 2.60. The molecule has 0 spiro atoms. The molecule has 2 saturated heterocycles. The molecule has 2 bridgehead atoms. The molecule has 112 valence electrons. The van der Waals surface area contributed by atoms with E-state index >= 15 is 0 Å². The number of aromatic nitrogens is 1. The Kier molecular flexibility index (Phi) is 3.48. The molecule has 2 atom stereocenters. The maximum atomic E-state index is 3.81. The highest BCUT2D eigenvalue weighted by Gasteiger charge is 2.35. The van der Waals surface area contributed by atoms with Crippen molar-refractivity contribution in [3.05, 3.63) is 36.0 Å². The largest absolute Gasteiger partial charge is 0.361 e. The predicted molar refractivity (Wildman–Crippen MR) is 87.4 cm³/mol. The molecule has 0 radical (unpaired) electrons. The Bertz CT molecular complexity index is 604. The number of fused-ring (bicyclic) bond motifs is 3. The van der Waals surface area contributed by atoms with Gasteiger partial charge in [0, 0.05) is 36.4 Å². The zero-order chi connectivity index (χ0) is 14.2. The second-order valence-corrected chi connectivity index (χ2v) is 6.85. The standard InChI is InChI=1S/C18H25N3/c1-21-16-3-2-4-17(21)11-15(10-16)20-12-13-5-6-18-14(9-13)7-8-19-18/h5-9,15-17,19-20H,2-4,10-12H2,1H3. The molecule has 4 rings (SSSR count). The van der Waals surface area contributed by atoms with E-state index in [0.717, 1.165) is 18.6 Å². The smallest absolute Gasteiger partial charge is 0.0454 e. The molecule has 2 unspecified atom stereocenters. The fourth-order valence-electron chi connectivity index (χ4n) is 4.26. The summed E-state index contributed by atoms with van der Waals surface area (Å²) in [6.07, 6.45) is 8.86. The van der Waals surface area contributed by atoms with Gasteiger partial charge in [-0.05, 0) is 61.9 Å². The van der Waals surface area contributed by atoms with E-state index in [1.165, 1.54) is 48.6 Å². The highest BCUT2D eigenvalue weighted by Crippen LogP contribution is 2.32. The van der Waals surface area contributed by atoms with E-state index in [2.05, 4.69) is 46.5 Å². The molecular formula is C18H25N3. The molecule has 1 aromatic carbocycles. The average molecular weight is 283 g/mol. The van der Waals surface area contributed by atoms with Crippen LogP contribution in [0.1, 0.15) is 37.7 Å². The van der Waals surface area contributed by atoms with E-state index in [1.807, 2.05) is 6.20 Å². The van der Waals surface area contributed by atoms with Crippen LogP contribution in [-0.4, -0.2) is 35.1 Å². The van der Waals surface area contributed by atoms with Crippen molar-refractivity contribution in [3.8, 4) is 0 Å². The molecule has 2 aliphatic rings. The number of rotatable bonds is 3. The summed E-state index contributed by atoms with van der Waals surface area (Å²) in [5.74, 6) is 0. The van der Waals surface area contributed by atoms with Gasteiger partial charge in [-0.25, -0.2) is 0 Å². The van der Waals surface area contributed by atoms with Crippen LogP contribution in [0.5, 0.6) is 0 Å². The lowest BCUT2D eigenvalue weighted by molar-refractivity contribution is 0.0482. The minimum absolute atomic E-state index is 0.693. The normalized spacial score (nSPS) is 29.9. The second-order valence-electron chi connectivity index (χ2n) is 6.85. The van der Waals surface area contributed by atoms with Crippen LogP contribution < -0.4 is 5.32 Å². The zero-order valence-corrected chi connectivity index (χ0v) is 12.8. The number of benzene rings is 1. The van der Waals surface area contributed by atoms with Crippen LogP contribution in [-0.2, 0) is 6.54 Å². The number of hydrogen-bond donors (Lipinski definition) is 2. The number of nitrogens with zero attached hydrogens (tertiary/aromatic N) is 1. The van der Waals surface area contributed by atoms with Crippen molar-refractivity contribution in [2.24, 2.45) is 0 Å². The Morgan fingerprint density at radius 3 is 2.81 bits per heavy atom. The Morgan fingerprint density at radius 2 is 2.00 bits per heavy atom. The van der Waals surface area contributed by atoms with Gasteiger partial charge >= 0.3 is 0 Å². The molecule has 2 N–H and O–H groups in total. The van der Waals surface area contributed by atoms with E-state index in [1.54, 1.807) is 0 Å². The number of aromatic amines is 1. The molecule has 1 aromatic heterocycles. The Balaban J connectivity index is 1.40. The number of hydrogen-bond acceptors (Lipinski definition) is 2. The van der Waals surface area contributed by atoms with Crippen molar-refractivity contribution in [1.82, 2.24) is 15.2 Å². The monoisotopic (exact) mass is 283 g/mol. The maximum absolute atomic E-state index is 3.81. The molecule has 3 heteroatoms. The number of nitrogens with one attached hydrogen (secondary N) is 2. The lowest BCUT2D eigenvalue weighted by Gasteiger charge is -2.47. The van der Waals surface area contributed by atoms with Gasteiger partial charge in [-0.3, -0.25) is 0 Å². The lowest BCUT2D eigenvalue weighted by atomic mass is 9.82. The van der Waals surface area contributed by atoms with Crippen molar-refractivity contribution in [2.45, 2.75) is 56.8 Å². The second kappa shape index (κ2) is 5.47. The van der Waals surface area contributed by atoms with Crippen LogP contribution in [0.25, 0.3) is 10.9 Å². The van der Waals surface area contributed by atoms with Crippen LogP contribution in [0, 0.1) is 0 Å². The van der Waals surface area contributed by atoms with Gasteiger partial charge in [0.2, 0.25) is 0 Å². The van der Waals surface area contributed by atoms with Crippen LogP contribution >= 0.6 is 0 Å². The first-order chi connectivity index (χ1) is 10.3. The van der Waals surface area contributed by atoms with Gasteiger partial charge in [0.15, 0.2) is 0 Å². The van der Waals surface area contributed by atoms with Crippen molar-refractivity contribution in [1.29, 1.82) is 0 Å². The van der Waals surface area contributed by atoms with E-state index in [-0.39, 0.29) is 0 Å². The summed E-state index contributed by atoms with van der Waals surface area (Å²) in [5, 5.41) is 5.12. The predicted octanol–water partition coefficient (Wildman–Crippen LogP) is 3.27. The van der Waals surface area contributed by atoms with Crippen LogP contribution in [0.15, 0.2) is 30.5 Å². The highest BCUT2D eigenvalue weighted by atomic mass is 15.2. The molecule has 2 aliphatic heterocycles. The third-order valence-electron chi connectivity index (χ3n) is 5.55. The summed E-state index contributed by atoms with van der Waals surface area (Å²) in [4.78, 5) is 5.89.